The molecule has 5 nitrogen and oxygen atoms in total. The molecule has 0 heterocycles. The van der Waals surface area contributed by atoms with E-state index in [0.29, 0.717) is 24.9 Å². The molecule has 1 aliphatic carbocycles. The van der Waals surface area contributed by atoms with E-state index in [1.54, 1.807) is 21.1 Å². The van der Waals surface area contributed by atoms with Crippen LogP contribution < -0.4 is 10.1 Å². The van der Waals surface area contributed by atoms with Crippen LogP contribution in [0.15, 0.2) is 24.3 Å². The Kier molecular flexibility index (Phi) is 5.24. The first kappa shape index (κ1) is 16.3. The lowest BCUT2D eigenvalue weighted by atomic mass is 10.2. The molecule has 0 spiro atoms. The van der Waals surface area contributed by atoms with Crippen LogP contribution in [0.5, 0.6) is 5.75 Å². The summed E-state index contributed by atoms with van der Waals surface area (Å²) in [7, 11) is -0.102. The molecule has 6 heteroatoms. The number of para-hydroxylation sites is 1. The maximum atomic E-state index is 12.5. The molecule has 1 N–H and O–H groups in total. The lowest BCUT2D eigenvalue weighted by molar-refractivity contribution is 0.396. The molecule has 1 unspecified atom stereocenters. The molecule has 1 saturated carbocycles. The number of hydrogen-bond donors (Lipinski definition) is 1. The number of nitrogens with zero attached hydrogens (tertiary/aromatic N) is 1. The van der Waals surface area contributed by atoms with E-state index in [9.17, 15) is 8.42 Å². The third-order valence-electron chi connectivity index (χ3n) is 3.80. The van der Waals surface area contributed by atoms with Crippen molar-refractivity contribution in [3.63, 3.8) is 0 Å². The van der Waals surface area contributed by atoms with Gasteiger partial charge in [0.1, 0.15) is 5.75 Å². The number of methoxy groups -OCH3 is 1. The number of hydrogen-bond acceptors (Lipinski definition) is 4. The van der Waals surface area contributed by atoms with Gasteiger partial charge in [-0.15, -0.1) is 0 Å². The minimum atomic E-state index is -3.31. The highest BCUT2D eigenvalue weighted by atomic mass is 32.2. The van der Waals surface area contributed by atoms with Crippen LogP contribution in [0.25, 0.3) is 0 Å². The van der Waals surface area contributed by atoms with Crippen LogP contribution in [0.3, 0.4) is 0 Å². The van der Waals surface area contributed by atoms with E-state index in [0.717, 1.165) is 18.4 Å². The Morgan fingerprint density at radius 2 is 2.05 bits per heavy atom. The second kappa shape index (κ2) is 6.77. The summed E-state index contributed by atoms with van der Waals surface area (Å²) in [5, 5.41) is 2.84. The molecule has 0 amide bonds. The Morgan fingerprint density at radius 1 is 1.38 bits per heavy atom. The van der Waals surface area contributed by atoms with Gasteiger partial charge in [0.15, 0.2) is 0 Å². The molecule has 0 radical (unpaired) electrons. The summed E-state index contributed by atoms with van der Waals surface area (Å²) in [6, 6.07) is 8.00. The first-order chi connectivity index (χ1) is 9.95. The molecular formula is C15H24N2O3S. The van der Waals surface area contributed by atoms with Crippen molar-refractivity contribution in [2.24, 2.45) is 0 Å². The molecule has 21 heavy (non-hydrogen) atoms. The van der Waals surface area contributed by atoms with Crippen LogP contribution in [0.4, 0.5) is 0 Å². The first-order valence-electron chi connectivity index (χ1n) is 7.25. The highest BCUT2D eigenvalue weighted by Crippen LogP contribution is 2.22. The first-order valence-corrected chi connectivity index (χ1v) is 8.76. The van der Waals surface area contributed by atoms with Crippen molar-refractivity contribution in [3.8, 4) is 5.75 Å². The minimum Gasteiger partial charge on any atom is -0.496 e. The molecule has 0 aliphatic heterocycles. The SMILES string of the molecule is COc1ccccc1CN(C)S(=O)(=O)C(C)CNC1CC1. The monoisotopic (exact) mass is 312 g/mol. The third-order valence-corrected chi connectivity index (χ3v) is 5.98. The molecule has 118 valence electrons. The Hall–Kier alpha value is -1.11. The molecular weight excluding hydrogens is 288 g/mol. The molecule has 1 fully saturated rings. The maximum absolute atomic E-state index is 12.5. The second-order valence-corrected chi connectivity index (χ2v) is 8.06. The zero-order valence-corrected chi connectivity index (χ0v) is 13.7. The topological polar surface area (TPSA) is 58.6 Å². The van der Waals surface area contributed by atoms with Gasteiger partial charge in [-0.25, -0.2) is 12.7 Å². The lowest BCUT2D eigenvalue weighted by Gasteiger charge is -2.23. The van der Waals surface area contributed by atoms with Crippen LogP contribution in [0.1, 0.15) is 25.3 Å². The standard InChI is InChI=1S/C15H24N2O3S/c1-12(10-16-14-8-9-14)21(18,19)17(2)11-13-6-4-5-7-15(13)20-3/h4-7,12,14,16H,8-11H2,1-3H3. The van der Waals surface area contributed by atoms with Gasteiger partial charge in [0, 0.05) is 31.7 Å². The zero-order valence-electron chi connectivity index (χ0n) is 12.9. The normalized spacial score (nSPS) is 17.0. The Morgan fingerprint density at radius 3 is 2.67 bits per heavy atom. The molecule has 0 bridgehead atoms. The van der Waals surface area contributed by atoms with E-state index in [1.807, 2.05) is 24.3 Å². The van der Waals surface area contributed by atoms with E-state index in [-0.39, 0.29) is 0 Å². The van der Waals surface area contributed by atoms with Gasteiger partial charge in [-0.05, 0) is 25.8 Å². The van der Waals surface area contributed by atoms with Crippen LogP contribution in [-0.2, 0) is 16.6 Å². The molecule has 1 atom stereocenters. The van der Waals surface area contributed by atoms with Gasteiger partial charge < -0.3 is 10.1 Å². The number of sulfonamides is 1. The predicted molar refractivity (Wildman–Crippen MR) is 83.9 cm³/mol. The van der Waals surface area contributed by atoms with Crippen molar-refractivity contribution in [2.45, 2.75) is 37.6 Å². The van der Waals surface area contributed by atoms with E-state index in [1.165, 1.54) is 4.31 Å². The Balaban J connectivity index is 2.01. The number of ether oxygens (including phenoxy) is 1. The third kappa shape index (κ3) is 4.18. The van der Waals surface area contributed by atoms with Gasteiger partial charge in [0.25, 0.3) is 0 Å². The average molecular weight is 312 g/mol. The summed E-state index contributed by atoms with van der Waals surface area (Å²) in [6.45, 7) is 2.58. The summed E-state index contributed by atoms with van der Waals surface area (Å²) < 4.78 is 31.7. The largest absolute Gasteiger partial charge is 0.496 e. The fourth-order valence-electron chi connectivity index (χ4n) is 2.20. The lowest BCUT2D eigenvalue weighted by Crippen LogP contribution is -2.40. The average Bonchev–Trinajstić information content (AvgIpc) is 3.29. The molecule has 1 aliphatic rings. The predicted octanol–water partition coefficient (Wildman–Crippen LogP) is 1.60. The Bertz CT molecular complexity index is 570. The van der Waals surface area contributed by atoms with Crippen LogP contribution in [0.2, 0.25) is 0 Å². The Labute approximate surface area is 127 Å². The smallest absolute Gasteiger partial charge is 0.218 e. The fraction of sp³-hybridized carbons (Fsp3) is 0.600. The van der Waals surface area contributed by atoms with Crippen LogP contribution in [0, 0.1) is 0 Å². The summed E-state index contributed by atoms with van der Waals surface area (Å²) in [6.07, 6.45) is 2.31. The highest BCUT2D eigenvalue weighted by Gasteiger charge is 2.29. The van der Waals surface area contributed by atoms with Gasteiger partial charge in [0.2, 0.25) is 10.0 Å². The molecule has 0 aromatic heterocycles. The summed E-state index contributed by atoms with van der Waals surface area (Å²) in [4.78, 5) is 0. The molecule has 0 saturated heterocycles. The number of benzene rings is 1. The van der Waals surface area contributed by atoms with Crippen molar-refractivity contribution in [3.05, 3.63) is 29.8 Å². The van der Waals surface area contributed by atoms with E-state index in [4.69, 9.17) is 4.74 Å². The van der Waals surface area contributed by atoms with Crippen molar-refractivity contribution in [2.75, 3.05) is 20.7 Å². The molecule has 2 rings (SSSR count). The van der Waals surface area contributed by atoms with Crippen LogP contribution in [-0.4, -0.2) is 44.7 Å². The van der Waals surface area contributed by atoms with E-state index >= 15 is 0 Å². The van der Waals surface area contributed by atoms with Crippen molar-refractivity contribution < 1.29 is 13.2 Å². The fourth-order valence-corrected chi connectivity index (χ4v) is 3.44. The summed E-state index contributed by atoms with van der Waals surface area (Å²) in [5.74, 6) is 0.711. The molecule has 1 aromatic carbocycles. The van der Waals surface area contributed by atoms with Crippen molar-refractivity contribution >= 4 is 10.0 Å². The second-order valence-electron chi connectivity index (χ2n) is 5.61. The van der Waals surface area contributed by atoms with E-state index < -0.39 is 15.3 Å². The van der Waals surface area contributed by atoms with Gasteiger partial charge in [-0.1, -0.05) is 18.2 Å². The van der Waals surface area contributed by atoms with Gasteiger partial charge in [0.05, 0.1) is 12.4 Å². The molecule has 1 aromatic rings. The van der Waals surface area contributed by atoms with Gasteiger partial charge in [-0.2, -0.15) is 0 Å². The zero-order chi connectivity index (χ0) is 15.5. The summed E-state index contributed by atoms with van der Waals surface area (Å²) >= 11 is 0. The number of nitrogens with one attached hydrogen (secondary N) is 1. The van der Waals surface area contributed by atoms with Crippen molar-refractivity contribution in [1.29, 1.82) is 0 Å². The van der Waals surface area contributed by atoms with Gasteiger partial charge in [-0.3, -0.25) is 0 Å². The maximum Gasteiger partial charge on any atom is 0.218 e. The number of rotatable bonds is 8. The highest BCUT2D eigenvalue weighted by molar-refractivity contribution is 7.89. The minimum absolute atomic E-state index is 0.320. The quantitative estimate of drug-likeness (QED) is 0.792. The van der Waals surface area contributed by atoms with Crippen molar-refractivity contribution in [1.82, 2.24) is 9.62 Å². The van der Waals surface area contributed by atoms with Gasteiger partial charge >= 0.3 is 0 Å². The van der Waals surface area contributed by atoms with Crippen LogP contribution >= 0.6 is 0 Å². The van der Waals surface area contributed by atoms with E-state index in [2.05, 4.69) is 5.32 Å². The summed E-state index contributed by atoms with van der Waals surface area (Å²) in [5.41, 5.74) is 0.869.